The summed E-state index contributed by atoms with van der Waals surface area (Å²) in [4.78, 5) is 0. The Bertz CT molecular complexity index is 378. The first kappa shape index (κ1) is 11.4. The van der Waals surface area contributed by atoms with Crippen molar-refractivity contribution in [1.82, 2.24) is 0 Å². The minimum atomic E-state index is -0.264. The van der Waals surface area contributed by atoms with Crippen LogP contribution in [-0.4, -0.2) is 19.8 Å². The summed E-state index contributed by atoms with van der Waals surface area (Å²) in [5.74, 6) is 1.08. The first-order chi connectivity index (χ1) is 7.63. The highest BCUT2D eigenvalue weighted by molar-refractivity contribution is 5.38. The van der Waals surface area contributed by atoms with Crippen molar-refractivity contribution in [1.29, 1.82) is 0 Å². The average molecular weight is 224 g/mol. The van der Waals surface area contributed by atoms with Crippen LogP contribution in [0.5, 0.6) is 5.75 Å². The standard InChI is InChI=1S/C13H17FO2/c1-8-9(2)16-7-12(8)11-5-4-10(14)6-13(11)15-3/h4-6,8-9,12H,7H2,1-3H3/t8?,9-,12?/m1/s1. The van der Waals surface area contributed by atoms with Gasteiger partial charge in [-0.15, -0.1) is 0 Å². The highest BCUT2D eigenvalue weighted by Crippen LogP contribution is 2.39. The Labute approximate surface area is 95.4 Å². The van der Waals surface area contributed by atoms with E-state index in [-0.39, 0.29) is 11.9 Å². The average Bonchev–Trinajstić information content (AvgIpc) is 2.60. The highest BCUT2D eigenvalue weighted by Gasteiger charge is 2.33. The predicted molar refractivity (Wildman–Crippen MR) is 60.3 cm³/mol. The smallest absolute Gasteiger partial charge is 0.126 e. The van der Waals surface area contributed by atoms with Crippen molar-refractivity contribution < 1.29 is 13.9 Å². The van der Waals surface area contributed by atoms with E-state index in [9.17, 15) is 4.39 Å². The number of benzene rings is 1. The van der Waals surface area contributed by atoms with Crippen LogP contribution in [0.1, 0.15) is 25.3 Å². The highest BCUT2D eigenvalue weighted by atomic mass is 19.1. The molecule has 2 rings (SSSR count). The van der Waals surface area contributed by atoms with E-state index < -0.39 is 0 Å². The molecular formula is C13H17FO2. The Morgan fingerprint density at radius 1 is 1.38 bits per heavy atom. The summed E-state index contributed by atoms with van der Waals surface area (Å²) in [6.45, 7) is 4.91. The molecule has 88 valence electrons. The fraction of sp³-hybridized carbons (Fsp3) is 0.538. The van der Waals surface area contributed by atoms with Crippen molar-refractivity contribution in [2.24, 2.45) is 5.92 Å². The molecule has 0 spiro atoms. The molecule has 0 aromatic heterocycles. The molecule has 1 aliphatic rings. The van der Waals surface area contributed by atoms with Crippen LogP contribution in [0, 0.1) is 11.7 Å². The second-order valence-electron chi connectivity index (χ2n) is 4.39. The van der Waals surface area contributed by atoms with Crippen LogP contribution in [0.2, 0.25) is 0 Å². The molecule has 2 unspecified atom stereocenters. The summed E-state index contributed by atoms with van der Waals surface area (Å²) in [6.07, 6.45) is 0.250. The zero-order valence-corrected chi connectivity index (χ0v) is 9.87. The minimum absolute atomic E-state index is 0.250. The van der Waals surface area contributed by atoms with Gasteiger partial charge in [-0.3, -0.25) is 0 Å². The Balaban J connectivity index is 2.33. The SMILES string of the molecule is COc1cc(F)ccc1C1CO[C@H](C)C1C. The summed E-state index contributed by atoms with van der Waals surface area (Å²) in [5, 5.41) is 0. The van der Waals surface area contributed by atoms with Crippen molar-refractivity contribution in [2.75, 3.05) is 13.7 Å². The van der Waals surface area contributed by atoms with Crippen molar-refractivity contribution in [3.05, 3.63) is 29.6 Å². The molecule has 3 atom stereocenters. The lowest BCUT2D eigenvalue weighted by molar-refractivity contribution is 0.109. The molecule has 0 bridgehead atoms. The van der Waals surface area contributed by atoms with Gasteiger partial charge in [0, 0.05) is 17.5 Å². The van der Waals surface area contributed by atoms with Gasteiger partial charge in [0.15, 0.2) is 0 Å². The monoisotopic (exact) mass is 224 g/mol. The molecule has 0 N–H and O–H groups in total. The minimum Gasteiger partial charge on any atom is -0.496 e. The molecule has 0 saturated carbocycles. The summed E-state index contributed by atoms with van der Waals surface area (Å²) in [5.41, 5.74) is 1.04. The summed E-state index contributed by atoms with van der Waals surface area (Å²) in [7, 11) is 1.57. The van der Waals surface area contributed by atoms with Crippen LogP contribution < -0.4 is 4.74 Å². The third-order valence-electron chi connectivity index (χ3n) is 3.51. The quantitative estimate of drug-likeness (QED) is 0.769. The lowest BCUT2D eigenvalue weighted by atomic mass is 9.87. The molecule has 1 aromatic carbocycles. The van der Waals surface area contributed by atoms with Crippen molar-refractivity contribution >= 4 is 0 Å². The second kappa shape index (κ2) is 4.42. The zero-order chi connectivity index (χ0) is 11.7. The topological polar surface area (TPSA) is 18.5 Å². The van der Waals surface area contributed by atoms with Gasteiger partial charge in [-0.1, -0.05) is 13.0 Å². The van der Waals surface area contributed by atoms with Crippen LogP contribution in [-0.2, 0) is 4.74 Å². The predicted octanol–water partition coefficient (Wildman–Crippen LogP) is 2.97. The third-order valence-corrected chi connectivity index (χ3v) is 3.51. The fourth-order valence-electron chi connectivity index (χ4n) is 2.25. The van der Waals surface area contributed by atoms with E-state index in [0.29, 0.717) is 24.2 Å². The molecular weight excluding hydrogens is 207 g/mol. The summed E-state index contributed by atoms with van der Waals surface area (Å²) < 4.78 is 23.9. The van der Waals surface area contributed by atoms with Crippen LogP contribution in [0.4, 0.5) is 4.39 Å². The maximum atomic E-state index is 13.1. The van der Waals surface area contributed by atoms with Crippen LogP contribution in [0.25, 0.3) is 0 Å². The second-order valence-corrected chi connectivity index (χ2v) is 4.39. The van der Waals surface area contributed by atoms with Gasteiger partial charge in [-0.05, 0) is 18.9 Å². The van der Waals surface area contributed by atoms with E-state index in [2.05, 4.69) is 13.8 Å². The Morgan fingerprint density at radius 3 is 2.69 bits per heavy atom. The van der Waals surface area contributed by atoms with Gasteiger partial charge in [-0.25, -0.2) is 4.39 Å². The number of hydrogen-bond acceptors (Lipinski definition) is 2. The molecule has 2 nitrogen and oxygen atoms in total. The summed E-state index contributed by atoms with van der Waals surface area (Å²) in [6, 6.07) is 4.72. The van der Waals surface area contributed by atoms with Gasteiger partial charge in [0.25, 0.3) is 0 Å². The van der Waals surface area contributed by atoms with Gasteiger partial charge >= 0.3 is 0 Å². The Morgan fingerprint density at radius 2 is 2.12 bits per heavy atom. The van der Waals surface area contributed by atoms with E-state index in [1.807, 2.05) is 0 Å². The molecule has 1 saturated heterocycles. The van der Waals surface area contributed by atoms with Gasteiger partial charge in [-0.2, -0.15) is 0 Å². The first-order valence-corrected chi connectivity index (χ1v) is 5.58. The zero-order valence-electron chi connectivity index (χ0n) is 9.87. The van der Waals surface area contributed by atoms with Gasteiger partial charge in [0.1, 0.15) is 11.6 Å². The third kappa shape index (κ3) is 1.92. The van der Waals surface area contributed by atoms with Gasteiger partial charge in [0.2, 0.25) is 0 Å². The summed E-state index contributed by atoms with van der Waals surface area (Å²) >= 11 is 0. The molecule has 1 aliphatic heterocycles. The van der Waals surface area contributed by atoms with Crippen molar-refractivity contribution in [3.63, 3.8) is 0 Å². The molecule has 16 heavy (non-hydrogen) atoms. The maximum absolute atomic E-state index is 13.1. The van der Waals surface area contributed by atoms with Crippen LogP contribution in [0.15, 0.2) is 18.2 Å². The first-order valence-electron chi connectivity index (χ1n) is 5.58. The molecule has 0 amide bonds. The number of rotatable bonds is 2. The van der Waals surface area contributed by atoms with Crippen molar-refractivity contribution in [2.45, 2.75) is 25.9 Å². The van der Waals surface area contributed by atoms with Crippen LogP contribution >= 0.6 is 0 Å². The van der Waals surface area contributed by atoms with E-state index in [0.717, 1.165) is 5.56 Å². The number of methoxy groups -OCH3 is 1. The molecule has 3 heteroatoms. The van der Waals surface area contributed by atoms with E-state index in [1.54, 1.807) is 13.2 Å². The Hall–Kier alpha value is -1.09. The number of ether oxygens (including phenoxy) is 2. The van der Waals surface area contributed by atoms with E-state index in [4.69, 9.17) is 9.47 Å². The molecule has 1 heterocycles. The van der Waals surface area contributed by atoms with Gasteiger partial charge < -0.3 is 9.47 Å². The molecule has 0 aliphatic carbocycles. The Kier molecular flexibility index (Phi) is 3.15. The van der Waals surface area contributed by atoms with Crippen molar-refractivity contribution in [3.8, 4) is 5.75 Å². The normalized spacial score (nSPS) is 29.4. The van der Waals surface area contributed by atoms with E-state index in [1.165, 1.54) is 12.1 Å². The lowest BCUT2D eigenvalue weighted by Gasteiger charge is -2.18. The molecule has 1 fully saturated rings. The lowest BCUT2D eigenvalue weighted by Crippen LogP contribution is -2.13. The maximum Gasteiger partial charge on any atom is 0.126 e. The van der Waals surface area contributed by atoms with E-state index >= 15 is 0 Å². The number of halogens is 1. The largest absolute Gasteiger partial charge is 0.496 e. The molecule has 1 aromatic rings. The van der Waals surface area contributed by atoms with Gasteiger partial charge in [0.05, 0.1) is 19.8 Å². The molecule has 0 radical (unpaired) electrons. The number of hydrogen-bond donors (Lipinski definition) is 0. The van der Waals surface area contributed by atoms with Crippen LogP contribution in [0.3, 0.4) is 0 Å². The fourth-order valence-corrected chi connectivity index (χ4v) is 2.25.